The van der Waals surface area contributed by atoms with Crippen molar-refractivity contribution in [2.45, 2.75) is 31.8 Å². The van der Waals surface area contributed by atoms with Gasteiger partial charge < -0.3 is 15.0 Å². The smallest absolute Gasteiger partial charge is 0.247 e. The van der Waals surface area contributed by atoms with E-state index in [1.807, 2.05) is 36.1 Å². The minimum Gasteiger partial charge on any atom is -0.497 e. The zero-order valence-corrected chi connectivity index (χ0v) is 17.1. The summed E-state index contributed by atoms with van der Waals surface area (Å²) in [5.41, 5.74) is 1.02. The summed E-state index contributed by atoms with van der Waals surface area (Å²) >= 11 is 0. The predicted octanol–water partition coefficient (Wildman–Crippen LogP) is 0.280. The summed E-state index contributed by atoms with van der Waals surface area (Å²) in [6.07, 6.45) is 1.54. The number of aryl methyl sites for hydroxylation is 1. The van der Waals surface area contributed by atoms with Gasteiger partial charge in [0.1, 0.15) is 17.6 Å². The zero-order chi connectivity index (χ0) is 20.2. The van der Waals surface area contributed by atoms with Crippen molar-refractivity contribution in [3.05, 3.63) is 35.7 Å². The number of likely N-dealkylation sites (tertiary alicyclic amines) is 1. The maximum atomic E-state index is 13.5. The molecule has 2 fully saturated rings. The number of aromatic nitrogens is 4. The second-order valence-electron chi connectivity index (χ2n) is 7.75. The molecule has 2 aliphatic rings. The van der Waals surface area contributed by atoms with Gasteiger partial charge in [0, 0.05) is 51.7 Å². The van der Waals surface area contributed by atoms with Crippen LogP contribution in [0, 0.1) is 6.92 Å². The molecular formula is C20H29N7O2. The topological polar surface area (TPSA) is 88.4 Å². The molecule has 0 saturated carbocycles. The van der Waals surface area contributed by atoms with E-state index in [0.717, 1.165) is 57.0 Å². The molecular weight excluding hydrogens is 370 g/mol. The first-order valence-electron chi connectivity index (χ1n) is 10.3. The van der Waals surface area contributed by atoms with Crippen molar-refractivity contribution in [2.24, 2.45) is 0 Å². The average molecular weight is 399 g/mol. The summed E-state index contributed by atoms with van der Waals surface area (Å²) in [7, 11) is 1.65. The van der Waals surface area contributed by atoms with Gasteiger partial charge >= 0.3 is 0 Å². The first-order valence-corrected chi connectivity index (χ1v) is 10.3. The number of nitrogens with one attached hydrogen (secondary N) is 1. The van der Waals surface area contributed by atoms with E-state index in [9.17, 15) is 4.79 Å². The molecule has 2 aromatic rings. The molecule has 9 nitrogen and oxygen atoms in total. The van der Waals surface area contributed by atoms with Crippen LogP contribution in [0.15, 0.2) is 24.3 Å². The minimum absolute atomic E-state index is 0.0841. The predicted molar refractivity (Wildman–Crippen MR) is 108 cm³/mol. The molecule has 29 heavy (non-hydrogen) atoms. The van der Waals surface area contributed by atoms with Gasteiger partial charge in [-0.2, -0.15) is 0 Å². The molecule has 2 aliphatic heterocycles. The highest BCUT2D eigenvalue weighted by molar-refractivity contribution is 5.81. The number of ether oxygens (including phenoxy) is 1. The number of hydrogen-bond acceptors (Lipinski definition) is 7. The van der Waals surface area contributed by atoms with Crippen LogP contribution in [0.4, 0.5) is 0 Å². The molecule has 0 bridgehead atoms. The first kappa shape index (κ1) is 19.8. The van der Waals surface area contributed by atoms with Crippen LogP contribution < -0.4 is 10.1 Å². The van der Waals surface area contributed by atoms with E-state index in [0.29, 0.717) is 18.3 Å². The fourth-order valence-electron chi connectivity index (χ4n) is 4.33. The third-order valence-corrected chi connectivity index (χ3v) is 5.94. The number of nitrogens with zero attached hydrogens (tertiary/aromatic N) is 6. The second-order valence-corrected chi connectivity index (χ2v) is 7.75. The highest BCUT2D eigenvalue weighted by Gasteiger charge is 2.35. The number of carbonyl (C=O) groups excluding carboxylic acids is 1. The number of carbonyl (C=O) groups is 1. The largest absolute Gasteiger partial charge is 0.497 e. The molecule has 1 N–H and O–H groups in total. The fraction of sp³-hybridized carbons (Fsp3) is 0.600. The third kappa shape index (κ3) is 4.40. The van der Waals surface area contributed by atoms with Crippen molar-refractivity contribution >= 4 is 5.91 Å². The number of benzene rings is 1. The van der Waals surface area contributed by atoms with Crippen LogP contribution in [0.25, 0.3) is 0 Å². The van der Waals surface area contributed by atoms with Crippen LogP contribution in [0.2, 0.25) is 0 Å². The number of methoxy groups -OCH3 is 1. The van der Waals surface area contributed by atoms with Crippen molar-refractivity contribution in [3.63, 3.8) is 0 Å². The molecule has 9 heteroatoms. The van der Waals surface area contributed by atoms with Crippen molar-refractivity contribution in [1.29, 1.82) is 0 Å². The summed E-state index contributed by atoms with van der Waals surface area (Å²) < 4.78 is 6.99. The van der Waals surface area contributed by atoms with Crippen LogP contribution in [0.3, 0.4) is 0 Å². The Kier molecular flexibility index (Phi) is 6.05. The molecule has 0 radical (unpaired) electrons. The number of amides is 1. The van der Waals surface area contributed by atoms with Gasteiger partial charge in [-0.15, -0.1) is 5.10 Å². The van der Waals surface area contributed by atoms with Crippen LogP contribution >= 0.6 is 0 Å². The van der Waals surface area contributed by atoms with Crippen LogP contribution in [-0.4, -0.2) is 88.3 Å². The molecule has 2 atom stereocenters. The van der Waals surface area contributed by atoms with Crippen molar-refractivity contribution in [3.8, 4) is 5.75 Å². The standard InChI is InChI=1S/C20H29N7O2/c1-15-22-23-24-27(15)19(13-16-4-3-5-18(12-16)29-2)20(28)26-9-6-17(14-26)25-10-7-21-8-11-25/h3-5,12,17,19,21H,6-11,13-14H2,1-2H3. The maximum Gasteiger partial charge on any atom is 0.247 e. The normalized spacial score (nSPS) is 21.3. The van der Waals surface area contributed by atoms with Crippen molar-refractivity contribution < 1.29 is 9.53 Å². The van der Waals surface area contributed by atoms with E-state index >= 15 is 0 Å². The monoisotopic (exact) mass is 399 g/mol. The second kappa shape index (κ2) is 8.87. The van der Waals surface area contributed by atoms with Crippen molar-refractivity contribution in [2.75, 3.05) is 46.4 Å². The Balaban J connectivity index is 1.51. The van der Waals surface area contributed by atoms with Crippen LogP contribution in [0.1, 0.15) is 23.9 Å². The summed E-state index contributed by atoms with van der Waals surface area (Å²) in [6.45, 7) is 7.52. The average Bonchev–Trinajstić information content (AvgIpc) is 3.42. The number of tetrazole rings is 1. The van der Waals surface area contributed by atoms with E-state index in [1.54, 1.807) is 11.8 Å². The molecule has 0 aliphatic carbocycles. The SMILES string of the molecule is COc1cccc(CC(C(=O)N2CCC(N3CCNCC3)C2)n2nnnc2C)c1. The number of hydrogen-bond donors (Lipinski definition) is 1. The Morgan fingerprint density at radius 1 is 1.31 bits per heavy atom. The molecule has 4 rings (SSSR count). The lowest BCUT2D eigenvalue weighted by Crippen LogP contribution is -2.49. The van der Waals surface area contributed by atoms with Gasteiger partial charge in [-0.3, -0.25) is 9.69 Å². The van der Waals surface area contributed by atoms with Crippen molar-refractivity contribution in [1.82, 2.24) is 35.3 Å². The summed E-state index contributed by atoms with van der Waals surface area (Å²) in [5.74, 6) is 1.51. The molecule has 2 saturated heterocycles. The third-order valence-electron chi connectivity index (χ3n) is 5.94. The Morgan fingerprint density at radius 3 is 2.86 bits per heavy atom. The fourth-order valence-corrected chi connectivity index (χ4v) is 4.33. The van der Waals surface area contributed by atoms with Gasteiger partial charge in [0.25, 0.3) is 0 Å². The van der Waals surface area contributed by atoms with Gasteiger partial charge in [-0.05, 0) is 41.5 Å². The number of rotatable bonds is 6. The molecule has 0 spiro atoms. The quantitative estimate of drug-likeness (QED) is 0.746. The van der Waals surface area contributed by atoms with E-state index in [1.165, 1.54) is 0 Å². The lowest BCUT2D eigenvalue weighted by molar-refractivity contribution is -0.134. The Bertz CT molecular complexity index is 834. The molecule has 1 aromatic carbocycles. The van der Waals surface area contributed by atoms with Gasteiger partial charge in [0.15, 0.2) is 0 Å². The van der Waals surface area contributed by atoms with Gasteiger partial charge in [-0.25, -0.2) is 4.68 Å². The van der Waals surface area contributed by atoms with E-state index in [2.05, 4.69) is 25.7 Å². The highest BCUT2D eigenvalue weighted by Crippen LogP contribution is 2.24. The minimum atomic E-state index is -0.459. The highest BCUT2D eigenvalue weighted by atomic mass is 16.5. The van der Waals surface area contributed by atoms with Gasteiger partial charge in [-0.1, -0.05) is 12.1 Å². The Morgan fingerprint density at radius 2 is 2.14 bits per heavy atom. The summed E-state index contributed by atoms with van der Waals surface area (Å²) in [5, 5.41) is 15.3. The Hall–Kier alpha value is -2.52. The summed E-state index contributed by atoms with van der Waals surface area (Å²) in [4.78, 5) is 18.0. The molecule has 3 heterocycles. The van der Waals surface area contributed by atoms with E-state index in [4.69, 9.17) is 4.74 Å². The van der Waals surface area contributed by atoms with Crippen LogP contribution in [-0.2, 0) is 11.2 Å². The maximum absolute atomic E-state index is 13.5. The first-order chi connectivity index (χ1) is 14.2. The van der Waals surface area contributed by atoms with Gasteiger partial charge in [0.2, 0.25) is 5.91 Å². The molecule has 1 amide bonds. The van der Waals surface area contributed by atoms with E-state index < -0.39 is 6.04 Å². The lowest BCUT2D eigenvalue weighted by Gasteiger charge is -2.32. The van der Waals surface area contributed by atoms with E-state index in [-0.39, 0.29) is 5.91 Å². The summed E-state index contributed by atoms with van der Waals surface area (Å²) in [6, 6.07) is 7.80. The zero-order valence-electron chi connectivity index (χ0n) is 17.1. The lowest BCUT2D eigenvalue weighted by atomic mass is 10.0. The molecule has 1 aromatic heterocycles. The molecule has 2 unspecified atom stereocenters. The Labute approximate surface area is 171 Å². The van der Waals surface area contributed by atoms with Gasteiger partial charge in [0.05, 0.1) is 7.11 Å². The number of piperazine rings is 1. The molecule has 156 valence electrons. The van der Waals surface area contributed by atoms with Crippen LogP contribution in [0.5, 0.6) is 5.75 Å².